The van der Waals surface area contributed by atoms with Crippen LogP contribution in [0.15, 0.2) is 11.6 Å². The van der Waals surface area contributed by atoms with Gasteiger partial charge in [0.1, 0.15) is 5.60 Å². The van der Waals surface area contributed by atoms with Crippen molar-refractivity contribution in [3.05, 3.63) is 11.6 Å². The van der Waals surface area contributed by atoms with Gasteiger partial charge in [-0.05, 0) is 20.8 Å². The number of carboxylic acid groups (broad SMARTS) is 1. The van der Waals surface area contributed by atoms with Crippen molar-refractivity contribution in [3.8, 4) is 0 Å². The summed E-state index contributed by atoms with van der Waals surface area (Å²) >= 11 is 0. The van der Waals surface area contributed by atoms with Gasteiger partial charge in [0.2, 0.25) is 0 Å². The molecule has 4 N–H and O–H groups in total. The van der Waals surface area contributed by atoms with E-state index in [0.29, 0.717) is 0 Å². The number of nitrogens with two attached hydrogens (primary N) is 1. The van der Waals surface area contributed by atoms with E-state index in [0.717, 1.165) is 0 Å². The van der Waals surface area contributed by atoms with Crippen LogP contribution in [0.5, 0.6) is 0 Å². The van der Waals surface area contributed by atoms with Gasteiger partial charge < -0.3 is 9.84 Å². The third-order valence-electron chi connectivity index (χ3n) is 2.07. The van der Waals surface area contributed by atoms with E-state index in [4.69, 9.17) is 15.6 Å². The number of hydrogen-bond donors (Lipinski definition) is 3. The van der Waals surface area contributed by atoms with Crippen molar-refractivity contribution in [1.82, 2.24) is 5.32 Å². The molecule has 90 valence electrons. The van der Waals surface area contributed by atoms with Gasteiger partial charge in [0, 0.05) is 6.54 Å². The number of carboxylic acids is 1. The van der Waals surface area contributed by atoms with Gasteiger partial charge in [-0.25, -0.2) is 9.59 Å². The fraction of sp³-hybridized carbons (Fsp3) is 0.600. The number of rotatable bonds is 2. The quantitative estimate of drug-likeness (QED) is 0.556. The summed E-state index contributed by atoms with van der Waals surface area (Å²) in [7, 11) is 0. The molecule has 0 unspecified atom stereocenters. The van der Waals surface area contributed by atoms with E-state index in [1.54, 1.807) is 20.8 Å². The summed E-state index contributed by atoms with van der Waals surface area (Å²) in [5.41, 5.74) is 3.00. The lowest BCUT2D eigenvalue weighted by atomic mass is 10.0. The van der Waals surface area contributed by atoms with Crippen LogP contribution >= 0.6 is 0 Å². The minimum atomic E-state index is -1.84. The van der Waals surface area contributed by atoms with Crippen LogP contribution in [0.25, 0.3) is 0 Å². The lowest BCUT2D eigenvalue weighted by molar-refractivity contribution is -0.154. The number of nitrogens with one attached hydrogen (secondary N) is 1. The second-order valence-electron chi connectivity index (χ2n) is 4.61. The smallest absolute Gasteiger partial charge is 0.343 e. The van der Waals surface area contributed by atoms with E-state index >= 15 is 0 Å². The third-order valence-corrected chi connectivity index (χ3v) is 2.07. The Hall–Kier alpha value is -1.40. The molecule has 0 aromatic carbocycles. The fourth-order valence-corrected chi connectivity index (χ4v) is 1.34. The Balaban J connectivity index is 2.89. The lowest BCUT2D eigenvalue weighted by Crippen LogP contribution is -2.59. The van der Waals surface area contributed by atoms with Crippen LogP contribution in [0.1, 0.15) is 20.8 Å². The molecule has 0 fully saturated rings. The average molecular weight is 228 g/mol. The van der Waals surface area contributed by atoms with Crippen molar-refractivity contribution in [2.24, 2.45) is 5.73 Å². The molecule has 0 aromatic rings. The SMILES string of the molecule is CC(C)(C)OC(=O)C1=CCN[C@]1(N)C(=O)O. The topological polar surface area (TPSA) is 102 Å². The molecule has 0 radical (unpaired) electrons. The van der Waals surface area contributed by atoms with Gasteiger partial charge in [-0.15, -0.1) is 0 Å². The second kappa shape index (κ2) is 3.88. The fourth-order valence-electron chi connectivity index (χ4n) is 1.34. The first-order valence-corrected chi connectivity index (χ1v) is 4.88. The molecular weight excluding hydrogens is 212 g/mol. The molecule has 6 heteroatoms. The highest BCUT2D eigenvalue weighted by atomic mass is 16.6. The molecule has 16 heavy (non-hydrogen) atoms. The molecule has 0 amide bonds. The molecule has 0 saturated heterocycles. The maximum absolute atomic E-state index is 11.7. The molecule has 0 aliphatic carbocycles. The molecular formula is C10H16N2O4. The first kappa shape index (κ1) is 12.7. The summed E-state index contributed by atoms with van der Waals surface area (Å²) in [6.07, 6.45) is 1.43. The van der Waals surface area contributed by atoms with Crippen molar-refractivity contribution < 1.29 is 19.4 Å². The van der Waals surface area contributed by atoms with Crippen LogP contribution in [0.4, 0.5) is 0 Å². The largest absolute Gasteiger partial charge is 0.479 e. The van der Waals surface area contributed by atoms with E-state index < -0.39 is 23.2 Å². The summed E-state index contributed by atoms with van der Waals surface area (Å²) in [6, 6.07) is 0. The van der Waals surface area contributed by atoms with Gasteiger partial charge in [0.15, 0.2) is 5.66 Å². The summed E-state index contributed by atoms with van der Waals surface area (Å²) in [5, 5.41) is 11.5. The predicted molar refractivity (Wildman–Crippen MR) is 56.5 cm³/mol. The Kier molecular flexibility index (Phi) is 3.07. The van der Waals surface area contributed by atoms with E-state index in [2.05, 4.69) is 5.32 Å². The maximum Gasteiger partial charge on any atom is 0.343 e. The van der Waals surface area contributed by atoms with Crippen LogP contribution in [0.2, 0.25) is 0 Å². The highest BCUT2D eigenvalue weighted by molar-refractivity contribution is 6.01. The Morgan fingerprint density at radius 1 is 1.56 bits per heavy atom. The van der Waals surface area contributed by atoms with E-state index in [1.165, 1.54) is 6.08 Å². The molecule has 0 saturated carbocycles. The van der Waals surface area contributed by atoms with Gasteiger partial charge >= 0.3 is 11.9 Å². The maximum atomic E-state index is 11.7. The molecule has 1 rings (SSSR count). The first-order chi connectivity index (χ1) is 7.17. The summed E-state index contributed by atoms with van der Waals surface area (Å²) in [6.45, 7) is 5.34. The van der Waals surface area contributed by atoms with Gasteiger partial charge in [0.25, 0.3) is 0 Å². The Labute approximate surface area is 93.4 Å². The summed E-state index contributed by atoms with van der Waals surface area (Å²) in [5.74, 6) is -2.01. The zero-order chi connectivity index (χ0) is 12.6. The van der Waals surface area contributed by atoms with Gasteiger partial charge in [0.05, 0.1) is 5.57 Å². The molecule has 1 aliphatic heterocycles. The molecule has 0 spiro atoms. The predicted octanol–water partition coefficient (Wildman–Crippen LogP) is -0.403. The van der Waals surface area contributed by atoms with Crippen LogP contribution < -0.4 is 11.1 Å². The zero-order valence-corrected chi connectivity index (χ0v) is 9.53. The van der Waals surface area contributed by atoms with Crippen molar-refractivity contribution in [2.45, 2.75) is 32.0 Å². The van der Waals surface area contributed by atoms with Crippen molar-refractivity contribution >= 4 is 11.9 Å². The highest BCUT2D eigenvalue weighted by Gasteiger charge is 2.45. The minimum Gasteiger partial charge on any atom is -0.479 e. The minimum absolute atomic E-state index is 0.0603. The Morgan fingerprint density at radius 3 is 2.56 bits per heavy atom. The van der Waals surface area contributed by atoms with Crippen LogP contribution in [0.3, 0.4) is 0 Å². The number of esters is 1. The second-order valence-corrected chi connectivity index (χ2v) is 4.61. The molecule has 1 heterocycles. The van der Waals surface area contributed by atoms with E-state index in [-0.39, 0.29) is 12.1 Å². The normalized spacial score (nSPS) is 25.1. The van der Waals surface area contributed by atoms with Gasteiger partial charge in [-0.1, -0.05) is 6.08 Å². The molecule has 0 bridgehead atoms. The number of carbonyl (C=O) groups is 2. The highest BCUT2D eigenvalue weighted by Crippen LogP contribution is 2.21. The van der Waals surface area contributed by atoms with Crippen molar-refractivity contribution in [1.29, 1.82) is 0 Å². The summed E-state index contributed by atoms with van der Waals surface area (Å²) < 4.78 is 5.08. The number of ether oxygens (including phenoxy) is 1. The van der Waals surface area contributed by atoms with E-state index in [9.17, 15) is 9.59 Å². The number of carbonyl (C=O) groups excluding carboxylic acids is 1. The Bertz CT molecular complexity index is 356. The van der Waals surface area contributed by atoms with Crippen molar-refractivity contribution in [3.63, 3.8) is 0 Å². The monoisotopic (exact) mass is 228 g/mol. The lowest BCUT2D eigenvalue weighted by Gasteiger charge is -2.25. The van der Waals surface area contributed by atoms with E-state index in [1.807, 2.05) is 0 Å². The first-order valence-electron chi connectivity index (χ1n) is 4.88. The van der Waals surface area contributed by atoms with Crippen LogP contribution in [-0.2, 0) is 14.3 Å². The molecule has 0 aromatic heterocycles. The standard InChI is InChI=1S/C10H16N2O4/c1-9(2,3)16-7(13)6-4-5-12-10(6,11)8(14)15/h4,12H,5,11H2,1-3H3,(H,14,15)/t10-/m0/s1. The third kappa shape index (κ3) is 2.40. The van der Waals surface area contributed by atoms with Crippen molar-refractivity contribution in [2.75, 3.05) is 6.54 Å². The zero-order valence-electron chi connectivity index (χ0n) is 9.53. The molecule has 6 nitrogen and oxygen atoms in total. The number of aliphatic carboxylic acids is 1. The molecule has 1 atom stereocenters. The summed E-state index contributed by atoms with van der Waals surface area (Å²) in [4.78, 5) is 22.7. The number of hydrogen-bond acceptors (Lipinski definition) is 5. The van der Waals surface area contributed by atoms with Crippen LogP contribution in [0, 0.1) is 0 Å². The molecule has 1 aliphatic rings. The van der Waals surface area contributed by atoms with Gasteiger partial charge in [-0.2, -0.15) is 0 Å². The average Bonchev–Trinajstić information content (AvgIpc) is 2.45. The van der Waals surface area contributed by atoms with Crippen LogP contribution in [-0.4, -0.2) is 34.9 Å². The Morgan fingerprint density at radius 2 is 2.12 bits per heavy atom. The van der Waals surface area contributed by atoms with Gasteiger partial charge in [-0.3, -0.25) is 11.1 Å².